The Kier molecular flexibility index (Phi) is 8.01. The Morgan fingerprint density at radius 2 is 2.04 bits per heavy atom. The lowest BCUT2D eigenvalue weighted by molar-refractivity contribution is -0.127. The molecule has 1 amide bonds. The Balaban J connectivity index is 2.99. The Labute approximate surface area is 154 Å². The largest absolute Gasteiger partial charge is 0.434 e. The molecule has 5 nitrogen and oxygen atoms in total. The van der Waals surface area contributed by atoms with E-state index in [1.807, 2.05) is 0 Å². The van der Waals surface area contributed by atoms with Crippen LogP contribution >= 0.6 is 15.9 Å². The van der Waals surface area contributed by atoms with Gasteiger partial charge in [0.25, 0.3) is 0 Å². The number of hydrogen-bond donors (Lipinski definition) is 0. The summed E-state index contributed by atoms with van der Waals surface area (Å²) in [4.78, 5) is 13.7. The molecule has 0 saturated carbocycles. The molecule has 1 atom stereocenters. The van der Waals surface area contributed by atoms with E-state index in [0.717, 1.165) is 6.26 Å². The zero-order valence-corrected chi connectivity index (χ0v) is 16.5. The van der Waals surface area contributed by atoms with Crippen LogP contribution in [0.2, 0.25) is 0 Å². The topological polar surface area (TPSA) is 63.7 Å². The van der Waals surface area contributed by atoms with Gasteiger partial charge >= 0.3 is 6.61 Å². The van der Waals surface area contributed by atoms with E-state index in [2.05, 4.69) is 20.7 Å². The predicted octanol–water partition coefficient (Wildman–Crippen LogP) is 3.35. The minimum absolute atomic E-state index is 0.0607. The zero-order valence-electron chi connectivity index (χ0n) is 14.1. The van der Waals surface area contributed by atoms with E-state index in [4.69, 9.17) is 0 Å². The fraction of sp³-hybridized carbons (Fsp3) is 0.438. The molecular weight excluding hydrogens is 420 g/mol. The Morgan fingerprint density at radius 3 is 2.56 bits per heavy atom. The second-order valence-corrected chi connectivity index (χ2v) is 8.56. The number of ether oxygens (including phenoxy) is 1. The SMILES string of the molecule is CCN(C(=O)/C=C/c1cc(Br)ccc1OC(F)F)C(C)CS(C)(=O)=O. The van der Waals surface area contributed by atoms with E-state index in [-0.39, 0.29) is 11.5 Å². The van der Waals surface area contributed by atoms with Crippen molar-refractivity contribution in [3.05, 3.63) is 34.3 Å². The second kappa shape index (κ2) is 9.28. The van der Waals surface area contributed by atoms with E-state index >= 15 is 0 Å². The average Bonchev–Trinajstić information content (AvgIpc) is 2.45. The molecule has 140 valence electrons. The maximum absolute atomic E-state index is 12.5. The molecule has 1 aromatic rings. The van der Waals surface area contributed by atoms with E-state index in [1.54, 1.807) is 19.9 Å². The molecule has 0 aromatic heterocycles. The van der Waals surface area contributed by atoms with Gasteiger partial charge in [0.05, 0.1) is 5.75 Å². The van der Waals surface area contributed by atoms with Crippen LogP contribution in [0, 0.1) is 0 Å². The van der Waals surface area contributed by atoms with Crippen LogP contribution in [-0.4, -0.2) is 50.4 Å². The number of amides is 1. The first-order chi connectivity index (χ1) is 11.5. The molecule has 0 N–H and O–H groups in total. The second-order valence-electron chi connectivity index (χ2n) is 5.46. The van der Waals surface area contributed by atoms with Gasteiger partial charge in [0.2, 0.25) is 5.91 Å². The van der Waals surface area contributed by atoms with Gasteiger partial charge in [-0.15, -0.1) is 0 Å². The van der Waals surface area contributed by atoms with Gasteiger partial charge in [-0.1, -0.05) is 15.9 Å². The van der Waals surface area contributed by atoms with E-state index in [1.165, 1.54) is 29.2 Å². The first-order valence-electron chi connectivity index (χ1n) is 7.44. The molecule has 9 heteroatoms. The van der Waals surface area contributed by atoms with Crippen LogP contribution in [0.3, 0.4) is 0 Å². The molecular formula is C16H20BrF2NO4S. The molecule has 1 aromatic carbocycles. The maximum Gasteiger partial charge on any atom is 0.387 e. The zero-order chi connectivity index (χ0) is 19.2. The smallest absolute Gasteiger partial charge is 0.387 e. The third kappa shape index (κ3) is 7.52. The molecule has 0 aliphatic carbocycles. The van der Waals surface area contributed by atoms with Crippen molar-refractivity contribution in [1.29, 1.82) is 0 Å². The number of nitrogens with zero attached hydrogens (tertiary/aromatic N) is 1. The maximum atomic E-state index is 12.5. The Morgan fingerprint density at radius 1 is 1.40 bits per heavy atom. The number of likely N-dealkylation sites (N-methyl/N-ethyl adjacent to an activating group) is 1. The van der Waals surface area contributed by atoms with Crippen LogP contribution in [0.4, 0.5) is 8.78 Å². The molecule has 0 spiro atoms. The van der Waals surface area contributed by atoms with Crippen molar-refractivity contribution in [2.24, 2.45) is 0 Å². The van der Waals surface area contributed by atoms with Crippen LogP contribution in [0.25, 0.3) is 6.08 Å². The summed E-state index contributed by atoms with van der Waals surface area (Å²) in [5.41, 5.74) is 0.301. The quantitative estimate of drug-likeness (QED) is 0.582. The third-order valence-electron chi connectivity index (χ3n) is 3.29. The summed E-state index contributed by atoms with van der Waals surface area (Å²) < 4.78 is 52.8. The first-order valence-corrected chi connectivity index (χ1v) is 10.3. The summed E-state index contributed by atoms with van der Waals surface area (Å²) in [5, 5.41) is 0. The molecule has 1 unspecified atom stereocenters. The standard InChI is InChI=1S/C16H20BrF2NO4S/c1-4-20(11(2)10-25(3,22)23)15(21)8-5-12-9-13(17)6-7-14(12)24-16(18)19/h5-9,11,16H,4,10H2,1-3H3/b8-5+. The minimum Gasteiger partial charge on any atom is -0.434 e. The minimum atomic E-state index is -3.23. The molecule has 25 heavy (non-hydrogen) atoms. The van der Waals surface area contributed by atoms with Gasteiger partial charge in [-0.25, -0.2) is 8.42 Å². The first kappa shape index (κ1) is 21.6. The van der Waals surface area contributed by atoms with Crippen molar-refractivity contribution in [2.75, 3.05) is 18.6 Å². The summed E-state index contributed by atoms with van der Waals surface area (Å²) in [7, 11) is -3.23. The molecule has 0 aliphatic rings. The van der Waals surface area contributed by atoms with Crippen LogP contribution in [0.15, 0.2) is 28.7 Å². The van der Waals surface area contributed by atoms with Crippen molar-refractivity contribution >= 4 is 37.8 Å². The number of carbonyl (C=O) groups excluding carboxylic acids is 1. The van der Waals surface area contributed by atoms with E-state index in [9.17, 15) is 22.0 Å². The lowest BCUT2D eigenvalue weighted by atomic mass is 10.2. The van der Waals surface area contributed by atoms with Crippen molar-refractivity contribution in [1.82, 2.24) is 4.90 Å². The lowest BCUT2D eigenvalue weighted by Crippen LogP contribution is -2.41. The average molecular weight is 440 g/mol. The van der Waals surface area contributed by atoms with Crippen LogP contribution in [0.5, 0.6) is 5.75 Å². The summed E-state index contributed by atoms with van der Waals surface area (Å²) in [5.74, 6) is -0.632. The summed E-state index contributed by atoms with van der Waals surface area (Å²) in [6.45, 7) is 0.708. The monoisotopic (exact) mass is 439 g/mol. The summed E-state index contributed by atoms with van der Waals surface area (Å²) in [6.07, 6.45) is 3.68. The summed E-state index contributed by atoms with van der Waals surface area (Å²) in [6, 6.07) is 3.95. The van der Waals surface area contributed by atoms with Gasteiger partial charge in [0, 0.05) is 35.0 Å². The Hall–Kier alpha value is -1.48. The van der Waals surface area contributed by atoms with Crippen LogP contribution in [-0.2, 0) is 14.6 Å². The van der Waals surface area contributed by atoms with Crippen molar-refractivity contribution < 1.29 is 26.7 Å². The van der Waals surface area contributed by atoms with Crippen LogP contribution < -0.4 is 4.74 Å². The van der Waals surface area contributed by atoms with Gasteiger partial charge in [0.1, 0.15) is 15.6 Å². The van der Waals surface area contributed by atoms with E-state index < -0.39 is 28.4 Å². The fourth-order valence-corrected chi connectivity index (χ4v) is 3.76. The molecule has 1 rings (SSSR count). The highest BCUT2D eigenvalue weighted by atomic mass is 79.9. The molecule has 0 bridgehead atoms. The van der Waals surface area contributed by atoms with Gasteiger partial charge in [-0.2, -0.15) is 8.78 Å². The highest BCUT2D eigenvalue weighted by Crippen LogP contribution is 2.26. The van der Waals surface area contributed by atoms with Gasteiger partial charge < -0.3 is 9.64 Å². The molecule has 0 fully saturated rings. The summed E-state index contributed by atoms with van der Waals surface area (Å²) >= 11 is 3.23. The predicted molar refractivity (Wildman–Crippen MR) is 96.4 cm³/mol. The number of sulfone groups is 1. The molecule has 0 radical (unpaired) electrons. The van der Waals surface area contributed by atoms with Crippen molar-refractivity contribution in [3.8, 4) is 5.75 Å². The Bertz CT molecular complexity index is 738. The van der Waals surface area contributed by atoms with E-state index in [0.29, 0.717) is 16.6 Å². The number of hydrogen-bond acceptors (Lipinski definition) is 4. The number of alkyl halides is 2. The molecule has 0 heterocycles. The lowest BCUT2D eigenvalue weighted by Gasteiger charge is -2.26. The molecule has 0 aliphatic heterocycles. The van der Waals surface area contributed by atoms with Crippen molar-refractivity contribution in [3.63, 3.8) is 0 Å². The molecule has 0 saturated heterocycles. The van der Waals surface area contributed by atoms with Gasteiger partial charge in [-0.3, -0.25) is 4.79 Å². The number of rotatable bonds is 8. The number of carbonyl (C=O) groups is 1. The van der Waals surface area contributed by atoms with Crippen molar-refractivity contribution in [2.45, 2.75) is 26.5 Å². The number of benzene rings is 1. The fourth-order valence-electron chi connectivity index (χ4n) is 2.32. The third-order valence-corrected chi connectivity index (χ3v) is 4.87. The van der Waals surface area contributed by atoms with Crippen LogP contribution in [0.1, 0.15) is 19.4 Å². The highest BCUT2D eigenvalue weighted by Gasteiger charge is 2.20. The van der Waals surface area contributed by atoms with Gasteiger partial charge in [0.15, 0.2) is 0 Å². The van der Waals surface area contributed by atoms with Gasteiger partial charge in [-0.05, 0) is 38.1 Å². The normalized spacial score (nSPS) is 13.2. The number of halogens is 3. The highest BCUT2D eigenvalue weighted by molar-refractivity contribution is 9.10.